The Morgan fingerprint density at radius 2 is 2.21 bits per heavy atom. The average molecular weight is 262 g/mol. The van der Waals surface area contributed by atoms with Gasteiger partial charge in [-0.25, -0.2) is 0 Å². The Hall–Kier alpha value is -1.55. The maximum absolute atomic E-state index is 11.9. The summed E-state index contributed by atoms with van der Waals surface area (Å²) in [6, 6.07) is 7.47. The molecule has 19 heavy (non-hydrogen) atoms. The molecule has 0 aliphatic carbocycles. The van der Waals surface area contributed by atoms with Gasteiger partial charge in [-0.1, -0.05) is 18.2 Å². The number of carbonyl (C=O) groups is 1. The summed E-state index contributed by atoms with van der Waals surface area (Å²) in [5.74, 6) is -0.0621. The van der Waals surface area contributed by atoms with Crippen LogP contribution in [0.25, 0.3) is 0 Å². The van der Waals surface area contributed by atoms with Crippen LogP contribution in [-0.4, -0.2) is 30.4 Å². The first kappa shape index (κ1) is 12.5. The van der Waals surface area contributed by atoms with Crippen LogP contribution in [0.5, 0.6) is 5.75 Å². The van der Waals surface area contributed by atoms with Gasteiger partial charge in [0.25, 0.3) is 0 Å². The van der Waals surface area contributed by atoms with Gasteiger partial charge < -0.3 is 14.6 Å². The average Bonchev–Trinajstić information content (AvgIpc) is 2.91. The van der Waals surface area contributed by atoms with Gasteiger partial charge in [0.15, 0.2) is 0 Å². The van der Waals surface area contributed by atoms with E-state index >= 15 is 0 Å². The van der Waals surface area contributed by atoms with Crippen LogP contribution in [0.3, 0.4) is 0 Å². The third-order valence-corrected chi connectivity index (χ3v) is 4.20. The maximum atomic E-state index is 11.9. The van der Waals surface area contributed by atoms with Crippen molar-refractivity contribution in [3.8, 4) is 5.75 Å². The van der Waals surface area contributed by atoms with E-state index < -0.39 is 11.4 Å². The van der Waals surface area contributed by atoms with Crippen LogP contribution in [0.2, 0.25) is 0 Å². The predicted octanol–water partition coefficient (Wildman–Crippen LogP) is 2.36. The zero-order chi connectivity index (χ0) is 13.3. The summed E-state index contributed by atoms with van der Waals surface area (Å²) in [5.41, 5.74) is -0.0617. The van der Waals surface area contributed by atoms with Crippen molar-refractivity contribution in [2.24, 2.45) is 0 Å². The number of aliphatic carboxylic acids is 1. The van der Waals surface area contributed by atoms with Crippen molar-refractivity contribution < 1.29 is 19.4 Å². The fourth-order valence-corrected chi connectivity index (χ4v) is 3.17. The molecule has 4 heteroatoms. The molecule has 2 unspecified atom stereocenters. The third-order valence-electron chi connectivity index (χ3n) is 4.20. The van der Waals surface area contributed by atoms with Gasteiger partial charge in [0.2, 0.25) is 0 Å². The zero-order valence-corrected chi connectivity index (χ0v) is 10.8. The second-order valence-electron chi connectivity index (χ2n) is 5.32. The Balaban J connectivity index is 1.99. The second-order valence-corrected chi connectivity index (χ2v) is 5.32. The number of fused-ring (bicyclic) bond motifs is 1. The van der Waals surface area contributed by atoms with Gasteiger partial charge in [0.05, 0.1) is 12.7 Å². The fourth-order valence-electron chi connectivity index (χ4n) is 3.17. The van der Waals surface area contributed by atoms with E-state index in [1.54, 1.807) is 0 Å². The molecule has 1 N–H and O–H groups in total. The number of para-hydroxylation sites is 1. The summed E-state index contributed by atoms with van der Waals surface area (Å²) in [6.07, 6.45) is 3.10. The minimum absolute atomic E-state index is 0.0576. The van der Waals surface area contributed by atoms with Crippen LogP contribution in [0.15, 0.2) is 24.3 Å². The summed E-state index contributed by atoms with van der Waals surface area (Å²) in [7, 11) is 0. The molecule has 0 amide bonds. The fraction of sp³-hybridized carbons (Fsp3) is 0.533. The number of carboxylic acids is 1. The third kappa shape index (κ3) is 2.10. The SMILES string of the molecule is O=C(O)C1(CC2CCCO2)CCOc2ccccc21. The largest absolute Gasteiger partial charge is 0.493 e. The van der Waals surface area contributed by atoms with Gasteiger partial charge in [-0.2, -0.15) is 0 Å². The highest BCUT2D eigenvalue weighted by Crippen LogP contribution is 2.43. The first-order chi connectivity index (χ1) is 9.22. The van der Waals surface area contributed by atoms with Gasteiger partial charge in [-0.05, 0) is 25.3 Å². The summed E-state index contributed by atoms with van der Waals surface area (Å²) in [4.78, 5) is 11.9. The first-order valence-electron chi connectivity index (χ1n) is 6.80. The minimum atomic E-state index is -0.857. The Bertz CT molecular complexity index is 479. The Kier molecular flexibility index (Phi) is 3.19. The maximum Gasteiger partial charge on any atom is 0.314 e. The van der Waals surface area contributed by atoms with E-state index in [1.165, 1.54) is 0 Å². The molecule has 4 nitrogen and oxygen atoms in total. The van der Waals surface area contributed by atoms with E-state index in [0.29, 0.717) is 25.2 Å². The van der Waals surface area contributed by atoms with E-state index in [-0.39, 0.29) is 6.10 Å². The molecule has 2 aliphatic heterocycles. The lowest BCUT2D eigenvalue weighted by Gasteiger charge is -2.36. The van der Waals surface area contributed by atoms with E-state index in [9.17, 15) is 9.90 Å². The van der Waals surface area contributed by atoms with Crippen LogP contribution in [0.4, 0.5) is 0 Å². The normalized spacial score (nSPS) is 29.6. The highest BCUT2D eigenvalue weighted by atomic mass is 16.5. The number of benzene rings is 1. The molecular formula is C15H18O4. The van der Waals surface area contributed by atoms with Gasteiger partial charge in [-0.15, -0.1) is 0 Å². The van der Waals surface area contributed by atoms with Crippen molar-refractivity contribution in [2.75, 3.05) is 13.2 Å². The summed E-state index contributed by atoms with van der Waals surface area (Å²) >= 11 is 0. The van der Waals surface area contributed by atoms with Crippen molar-refractivity contribution in [3.05, 3.63) is 29.8 Å². The molecule has 1 aromatic rings. The molecule has 2 heterocycles. The van der Waals surface area contributed by atoms with Crippen molar-refractivity contribution >= 4 is 5.97 Å². The predicted molar refractivity (Wildman–Crippen MR) is 69.5 cm³/mol. The molecule has 0 saturated carbocycles. The number of ether oxygens (including phenoxy) is 2. The summed E-state index contributed by atoms with van der Waals surface area (Å²) in [6.45, 7) is 1.20. The van der Waals surface area contributed by atoms with E-state index in [0.717, 1.165) is 25.0 Å². The van der Waals surface area contributed by atoms with Gasteiger partial charge in [0, 0.05) is 18.6 Å². The van der Waals surface area contributed by atoms with Crippen LogP contribution in [0, 0.1) is 0 Å². The lowest BCUT2D eigenvalue weighted by Crippen LogP contribution is -2.43. The van der Waals surface area contributed by atoms with Crippen molar-refractivity contribution in [2.45, 2.75) is 37.2 Å². The van der Waals surface area contributed by atoms with Crippen LogP contribution in [0.1, 0.15) is 31.2 Å². The molecule has 102 valence electrons. The molecule has 2 atom stereocenters. The molecule has 3 rings (SSSR count). The molecule has 0 spiro atoms. The van der Waals surface area contributed by atoms with E-state index in [2.05, 4.69) is 0 Å². The highest BCUT2D eigenvalue weighted by molar-refractivity contribution is 5.83. The smallest absolute Gasteiger partial charge is 0.314 e. The standard InChI is InChI=1S/C15H18O4/c16-14(17)15(10-11-4-3-8-18-11)7-9-19-13-6-2-1-5-12(13)15/h1-2,5-6,11H,3-4,7-10H2,(H,16,17). The van der Waals surface area contributed by atoms with E-state index in [4.69, 9.17) is 9.47 Å². The van der Waals surface area contributed by atoms with Crippen LogP contribution in [-0.2, 0) is 14.9 Å². The van der Waals surface area contributed by atoms with Gasteiger partial charge in [-0.3, -0.25) is 4.79 Å². The quantitative estimate of drug-likeness (QED) is 0.908. The highest BCUT2D eigenvalue weighted by Gasteiger charge is 2.46. The molecule has 1 aromatic carbocycles. The Morgan fingerprint density at radius 1 is 1.37 bits per heavy atom. The van der Waals surface area contributed by atoms with E-state index in [1.807, 2.05) is 24.3 Å². The summed E-state index contributed by atoms with van der Waals surface area (Å²) in [5, 5.41) is 9.78. The number of hydrogen-bond donors (Lipinski definition) is 1. The number of hydrogen-bond acceptors (Lipinski definition) is 3. The zero-order valence-electron chi connectivity index (χ0n) is 10.8. The van der Waals surface area contributed by atoms with Gasteiger partial charge in [0.1, 0.15) is 11.2 Å². The molecular weight excluding hydrogens is 244 g/mol. The molecule has 0 radical (unpaired) electrons. The molecule has 0 bridgehead atoms. The Labute approximate surface area is 112 Å². The minimum Gasteiger partial charge on any atom is -0.493 e. The molecule has 0 aromatic heterocycles. The number of carboxylic acid groups (broad SMARTS) is 1. The van der Waals surface area contributed by atoms with Crippen molar-refractivity contribution in [1.29, 1.82) is 0 Å². The van der Waals surface area contributed by atoms with Crippen molar-refractivity contribution in [1.82, 2.24) is 0 Å². The van der Waals surface area contributed by atoms with Crippen LogP contribution >= 0.6 is 0 Å². The number of rotatable bonds is 3. The first-order valence-corrected chi connectivity index (χ1v) is 6.80. The molecule has 2 aliphatic rings. The second kappa shape index (κ2) is 4.85. The van der Waals surface area contributed by atoms with Crippen LogP contribution < -0.4 is 4.74 Å². The molecule has 1 fully saturated rings. The Morgan fingerprint density at radius 3 is 2.95 bits per heavy atom. The lowest BCUT2D eigenvalue weighted by molar-refractivity contribution is -0.146. The van der Waals surface area contributed by atoms with Gasteiger partial charge >= 0.3 is 5.97 Å². The molecule has 1 saturated heterocycles. The summed E-state index contributed by atoms with van der Waals surface area (Å²) < 4.78 is 11.2. The lowest BCUT2D eigenvalue weighted by atomic mass is 9.72. The monoisotopic (exact) mass is 262 g/mol. The van der Waals surface area contributed by atoms with Crippen molar-refractivity contribution in [3.63, 3.8) is 0 Å². The topological polar surface area (TPSA) is 55.8 Å².